The van der Waals surface area contributed by atoms with E-state index in [1.54, 1.807) is 11.3 Å². The number of nitrogens with zero attached hydrogens (tertiary/aromatic N) is 4. The molecule has 0 amide bonds. The number of thiophene rings is 1. The summed E-state index contributed by atoms with van der Waals surface area (Å²) >= 11 is 1.72. The van der Waals surface area contributed by atoms with E-state index in [1.165, 1.54) is 11.1 Å². The van der Waals surface area contributed by atoms with Crippen molar-refractivity contribution in [2.45, 2.75) is 70.8 Å². The van der Waals surface area contributed by atoms with Crippen molar-refractivity contribution in [2.75, 3.05) is 26.2 Å². The number of piperidine rings is 2. The maximum absolute atomic E-state index is 16.0. The lowest BCUT2D eigenvalue weighted by atomic mass is 9.88. The standard InChI is InChI=1S/C28H37FN4OS/c1-20(2)34-27-30-25-17-21(3)5-6-26(25)33(27)24-7-12-32(13-8-24)22(4)28(29)10-14-31(15-11-28)18-23-9-16-35-19-23/h5-6,9,16-17,19-20,24H,4,7-8,10-15,18H2,1-3H3. The molecule has 0 radical (unpaired) electrons. The lowest BCUT2D eigenvalue weighted by Crippen LogP contribution is -2.47. The van der Waals surface area contributed by atoms with Crippen LogP contribution in [0.3, 0.4) is 0 Å². The van der Waals surface area contributed by atoms with E-state index in [-0.39, 0.29) is 12.1 Å². The van der Waals surface area contributed by atoms with Gasteiger partial charge in [-0.2, -0.15) is 16.3 Å². The minimum atomic E-state index is -1.30. The zero-order valence-corrected chi connectivity index (χ0v) is 22.0. The van der Waals surface area contributed by atoms with Crippen LogP contribution in [-0.2, 0) is 6.54 Å². The third kappa shape index (κ3) is 5.12. The van der Waals surface area contributed by atoms with Gasteiger partial charge in [0.25, 0.3) is 6.01 Å². The molecule has 0 atom stereocenters. The molecule has 4 heterocycles. The van der Waals surface area contributed by atoms with E-state index in [1.807, 2.05) is 13.8 Å². The van der Waals surface area contributed by atoms with Gasteiger partial charge >= 0.3 is 0 Å². The number of fused-ring (bicyclic) bond motifs is 1. The van der Waals surface area contributed by atoms with Gasteiger partial charge in [-0.15, -0.1) is 0 Å². The van der Waals surface area contributed by atoms with Crippen molar-refractivity contribution in [3.63, 3.8) is 0 Å². The van der Waals surface area contributed by atoms with Crippen molar-refractivity contribution in [2.24, 2.45) is 0 Å². The SMILES string of the molecule is C=C(N1CCC(n2c(OC(C)C)nc3cc(C)ccc32)CC1)C1(F)CCN(Cc2ccsc2)CC1. The molecule has 0 N–H and O–H groups in total. The van der Waals surface area contributed by atoms with Gasteiger partial charge in [0.2, 0.25) is 0 Å². The Hall–Kier alpha value is -2.38. The zero-order valence-electron chi connectivity index (χ0n) is 21.2. The predicted molar refractivity (Wildman–Crippen MR) is 142 cm³/mol. The fourth-order valence-electron chi connectivity index (χ4n) is 5.51. The smallest absolute Gasteiger partial charge is 0.297 e. The minimum Gasteiger partial charge on any atom is -0.462 e. The second-order valence-electron chi connectivity index (χ2n) is 10.5. The summed E-state index contributed by atoms with van der Waals surface area (Å²) in [7, 11) is 0. The second kappa shape index (κ2) is 9.94. The molecule has 0 spiro atoms. The highest BCUT2D eigenvalue weighted by Gasteiger charge is 2.40. The molecular formula is C28H37FN4OS. The molecule has 2 aromatic heterocycles. The Morgan fingerprint density at radius 1 is 1.20 bits per heavy atom. The second-order valence-corrected chi connectivity index (χ2v) is 11.2. The lowest BCUT2D eigenvalue weighted by molar-refractivity contribution is 0.0517. The van der Waals surface area contributed by atoms with Crippen LogP contribution in [0.15, 0.2) is 47.3 Å². The Morgan fingerprint density at radius 2 is 1.94 bits per heavy atom. The average molecular weight is 497 g/mol. The van der Waals surface area contributed by atoms with Gasteiger partial charge in [-0.3, -0.25) is 9.47 Å². The minimum absolute atomic E-state index is 0.0588. The van der Waals surface area contributed by atoms with Gasteiger partial charge in [0.1, 0.15) is 0 Å². The zero-order chi connectivity index (χ0) is 24.6. The van der Waals surface area contributed by atoms with E-state index in [0.29, 0.717) is 24.5 Å². The highest BCUT2D eigenvalue weighted by molar-refractivity contribution is 7.07. The van der Waals surface area contributed by atoms with Crippen LogP contribution in [-0.4, -0.2) is 57.3 Å². The molecule has 0 saturated carbocycles. The van der Waals surface area contributed by atoms with Crippen LogP contribution < -0.4 is 4.74 Å². The quantitative estimate of drug-likeness (QED) is 0.382. The molecule has 2 fully saturated rings. The van der Waals surface area contributed by atoms with Crippen LogP contribution in [0, 0.1) is 6.92 Å². The molecule has 0 aliphatic carbocycles. The third-order valence-electron chi connectivity index (χ3n) is 7.52. The van der Waals surface area contributed by atoms with E-state index in [9.17, 15) is 0 Å². The maximum Gasteiger partial charge on any atom is 0.297 e. The number of hydrogen-bond acceptors (Lipinski definition) is 5. The first-order chi connectivity index (χ1) is 16.8. The van der Waals surface area contributed by atoms with Gasteiger partial charge in [-0.1, -0.05) is 12.6 Å². The summed E-state index contributed by atoms with van der Waals surface area (Å²) in [5.74, 6) is 0. The summed E-state index contributed by atoms with van der Waals surface area (Å²) in [6, 6.07) is 9.53. The first kappa shape index (κ1) is 24.3. The van der Waals surface area contributed by atoms with E-state index in [4.69, 9.17) is 9.72 Å². The summed E-state index contributed by atoms with van der Waals surface area (Å²) in [4.78, 5) is 9.36. The fourth-order valence-corrected chi connectivity index (χ4v) is 6.17. The van der Waals surface area contributed by atoms with Gasteiger partial charge in [0, 0.05) is 44.5 Å². The fraction of sp³-hybridized carbons (Fsp3) is 0.536. The van der Waals surface area contributed by atoms with Gasteiger partial charge in [0.15, 0.2) is 5.67 Å². The highest BCUT2D eigenvalue weighted by Crippen LogP contribution is 2.39. The Labute approximate surface area is 212 Å². The van der Waals surface area contributed by atoms with Crippen molar-refractivity contribution in [3.8, 4) is 6.01 Å². The number of halogens is 1. The van der Waals surface area contributed by atoms with Crippen molar-refractivity contribution in [3.05, 3.63) is 58.4 Å². The van der Waals surface area contributed by atoms with Crippen LogP contribution >= 0.6 is 11.3 Å². The van der Waals surface area contributed by atoms with E-state index < -0.39 is 5.67 Å². The Morgan fingerprint density at radius 3 is 2.60 bits per heavy atom. The number of allylic oxidation sites excluding steroid dienone is 1. The molecule has 5 nitrogen and oxygen atoms in total. The molecule has 2 saturated heterocycles. The average Bonchev–Trinajstić information content (AvgIpc) is 3.47. The molecule has 35 heavy (non-hydrogen) atoms. The molecule has 5 rings (SSSR count). The van der Waals surface area contributed by atoms with Crippen LogP contribution in [0.1, 0.15) is 56.7 Å². The number of aromatic nitrogens is 2. The largest absolute Gasteiger partial charge is 0.462 e. The predicted octanol–water partition coefficient (Wildman–Crippen LogP) is 6.35. The number of alkyl halides is 1. The molecule has 3 aromatic rings. The van der Waals surface area contributed by atoms with Crippen LogP contribution in [0.2, 0.25) is 0 Å². The van der Waals surface area contributed by atoms with Gasteiger partial charge in [-0.25, -0.2) is 4.39 Å². The highest BCUT2D eigenvalue weighted by atomic mass is 32.1. The van der Waals surface area contributed by atoms with Crippen molar-refractivity contribution in [1.29, 1.82) is 0 Å². The van der Waals surface area contributed by atoms with Crippen LogP contribution in [0.5, 0.6) is 6.01 Å². The topological polar surface area (TPSA) is 33.5 Å². The monoisotopic (exact) mass is 496 g/mol. The molecule has 2 aliphatic rings. The molecule has 188 valence electrons. The molecule has 0 unspecified atom stereocenters. The summed E-state index contributed by atoms with van der Waals surface area (Å²) in [6.07, 6.45) is 2.95. The Bertz CT molecular complexity index is 1160. The Kier molecular flexibility index (Phi) is 6.91. The lowest BCUT2D eigenvalue weighted by Gasteiger charge is -2.44. The molecule has 2 aliphatic heterocycles. The van der Waals surface area contributed by atoms with Gasteiger partial charge in [0.05, 0.1) is 17.1 Å². The summed E-state index contributed by atoms with van der Waals surface area (Å²) in [5.41, 5.74) is 3.98. The summed E-state index contributed by atoms with van der Waals surface area (Å²) < 4.78 is 24.4. The van der Waals surface area contributed by atoms with Crippen molar-refractivity contribution < 1.29 is 9.13 Å². The summed E-state index contributed by atoms with van der Waals surface area (Å²) in [6.45, 7) is 14.5. The normalized spacial score (nSPS) is 19.5. The maximum atomic E-state index is 16.0. The van der Waals surface area contributed by atoms with E-state index in [0.717, 1.165) is 56.6 Å². The Balaban J connectivity index is 1.23. The van der Waals surface area contributed by atoms with Gasteiger partial charge < -0.3 is 9.64 Å². The number of aryl methyl sites for hydroxylation is 1. The number of ether oxygens (including phenoxy) is 1. The third-order valence-corrected chi connectivity index (χ3v) is 8.25. The molecule has 7 heteroatoms. The van der Waals surface area contributed by atoms with Gasteiger partial charge in [-0.05, 0) is 86.5 Å². The first-order valence-electron chi connectivity index (χ1n) is 12.8. The molecule has 1 aromatic carbocycles. The number of benzene rings is 1. The van der Waals surface area contributed by atoms with E-state index in [2.05, 4.69) is 62.9 Å². The number of hydrogen-bond donors (Lipinski definition) is 0. The van der Waals surface area contributed by atoms with Crippen molar-refractivity contribution in [1.82, 2.24) is 19.4 Å². The number of likely N-dealkylation sites (tertiary alicyclic amines) is 2. The van der Waals surface area contributed by atoms with Crippen LogP contribution in [0.4, 0.5) is 4.39 Å². The van der Waals surface area contributed by atoms with E-state index >= 15 is 4.39 Å². The summed E-state index contributed by atoms with van der Waals surface area (Å²) in [5, 5.41) is 4.29. The van der Waals surface area contributed by atoms with Crippen LogP contribution in [0.25, 0.3) is 11.0 Å². The number of rotatable bonds is 7. The number of imidazole rings is 1. The van der Waals surface area contributed by atoms with Crippen molar-refractivity contribution >= 4 is 22.4 Å². The molecule has 0 bridgehead atoms. The molecular weight excluding hydrogens is 459 g/mol. The first-order valence-corrected chi connectivity index (χ1v) is 13.8.